The number of pyridine rings is 1. The van der Waals surface area contributed by atoms with Crippen LogP contribution < -0.4 is 16.2 Å². The summed E-state index contributed by atoms with van der Waals surface area (Å²) in [6, 6.07) is 6.00. The highest BCUT2D eigenvalue weighted by Crippen LogP contribution is 2.30. The lowest BCUT2D eigenvalue weighted by Gasteiger charge is -2.13. The molecule has 112 valence electrons. The number of likely N-dealkylation sites (N-methyl/N-ethyl adjacent to an activating group) is 1. The summed E-state index contributed by atoms with van der Waals surface area (Å²) in [7, 11) is 3.88. The van der Waals surface area contributed by atoms with Crippen molar-refractivity contribution in [3.63, 3.8) is 0 Å². The van der Waals surface area contributed by atoms with Gasteiger partial charge in [0.25, 0.3) is 0 Å². The molecule has 0 aliphatic heterocycles. The van der Waals surface area contributed by atoms with E-state index in [9.17, 15) is 4.39 Å². The second kappa shape index (κ2) is 6.41. The maximum atomic E-state index is 13.7. The van der Waals surface area contributed by atoms with Crippen molar-refractivity contribution in [3.05, 3.63) is 36.3 Å². The van der Waals surface area contributed by atoms with Crippen LogP contribution in [-0.4, -0.2) is 37.1 Å². The second-order valence-corrected chi connectivity index (χ2v) is 4.99. The van der Waals surface area contributed by atoms with Crippen LogP contribution in [-0.2, 0) is 0 Å². The zero-order chi connectivity index (χ0) is 15.4. The van der Waals surface area contributed by atoms with Gasteiger partial charge in [0.15, 0.2) is 0 Å². The number of ether oxygens (including phenoxy) is 1. The number of nitrogens with zero attached hydrogens (tertiary/aromatic N) is 2. The lowest BCUT2D eigenvalue weighted by molar-refractivity contribution is 0.260. The average molecular weight is 290 g/mol. The standard InChI is InChI=1S/C15H19FN4O/c1-20(2)5-6-21-12-8-10(7-11(16)9-12)15-14(18)13(17)3-4-19-15/h3-4,7-9H,5-6,18H2,1-2H3,(H2,17,19). The Morgan fingerprint density at radius 2 is 2.00 bits per heavy atom. The second-order valence-electron chi connectivity index (χ2n) is 4.99. The predicted octanol–water partition coefficient (Wildman–Crippen LogP) is 1.99. The first-order chi connectivity index (χ1) is 9.97. The van der Waals surface area contributed by atoms with Crippen molar-refractivity contribution in [3.8, 4) is 17.0 Å². The molecule has 21 heavy (non-hydrogen) atoms. The number of rotatable bonds is 5. The van der Waals surface area contributed by atoms with Crippen LogP contribution in [0.3, 0.4) is 0 Å². The summed E-state index contributed by atoms with van der Waals surface area (Å²) in [6.45, 7) is 1.21. The van der Waals surface area contributed by atoms with Crippen LogP contribution in [0, 0.1) is 5.82 Å². The number of hydrogen-bond donors (Lipinski definition) is 2. The van der Waals surface area contributed by atoms with Crippen molar-refractivity contribution < 1.29 is 9.13 Å². The molecule has 4 N–H and O–H groups in total. The summed E-state index contributed by atoms with van der Waals surface area (Å²) in [4.78, 5) is 6.15. The number of nitrogens with two attached hydrogens (primary N) is 2. The monoisotopic (exact) mass is 290 g/mol. The molecule has 2 rings (SSSR count). The minimum Gasteiger partial charge on any atom is -0.492 e. The van der Waals surface area contributed by atoms with Crippen molar-refractivity contribution >= 4 is 11.4 Å². The highest BCUT2D eigenvalue weighted by Gasteiger charge is 2.10. The summed E-state index contributed by atoms with van der Waals surface area (Å²) in [5.41, 5.74) is 13.4. The van der Waals surface area contributed by atoms with Crippen LogP contribution in [0.5, 0.6) is 5.75 Å². The van der Waals surface area contributed by atoms with Gasteiger partial charge in [0, 0.05) is 24.4 Å². The summed E-state index contributed by atoms with van der Waals surface area (Å²) in [5.74, 6) is 0.0338. The molecule has 2 aromatic rings. The van der Waals surface area contributed by atoms with Gasteiger partial charge in [-0.15, -0.1) is 0 Å². The molecule has 0 fully saturated rings. The Labute approximate surface area is 123 Å². The molecule has 0 spiro atoms. The molecule has 0 aliphatic rings. The SMILES string of the molecule is CN(C)CCOc1cc(F)cc(-c2nccc(N)c2N)c1. The van der Waals surface area contributed by atoms with E-state index in [1.54, 1.807) is 18.3 Å². The summed E-state index contributed by atoms with van der Waals surface area (Å²) < 4.78 is 19.3. The summed E-state index contributed by atoms with van der Waals surface area (Å²) in [6.07, 6.45) is 1.54. The average Bonchev–Trinajstić information content (AvgIpc) is 2.41. The van der Waals surface area contributed by atoms with E-state index in [1.165, 1.54) is 12.1 Å². The molecule has 1 aromatic heterocycles. The van der Waals surface area contributed by atoms with E-state index in [2.05, 4.69) is 4.98 Å². The van der Waals surface area contributed by atoms with Gasteiger partial charge in [-0.25, -0.2) is 4.39 Å². The topological polar surface area (TPSA) is 77.4 Å². The highest BCUT2D eigenvalue weighted by atomic mass is 19.1. The van der Waals surface area contributed by atoms with Crippen LogP contribution in [0.4, 0.5) is 15.8 Å². The normalized spacial score (nSPS) is 10.9. The lowest BCUT2D eigenvalue weighted by Crippen LogP contribution is -2.19. The van der Waals surface area contributed by atoms with Gasteiger partial charge in [0.2, 0.25) is 0 Å². The Hall–Kier alpha value is -2.34. The molecule has 5 nitrogen and oxygen atoms in total. The van der Waals surface area contributed by atoms with Gasteiger partial charge < -0.3 is 21.1 Å². The van der Waals surface area contributed by atoms with E-state index in [0.717, 1.165) is 6.54 Å². The first-order valence-corrected chi connectivity index (χ1v) is 6.56. The van der Waals surface area contributed by atoms with Crippen LogP contribution in [0.25, 0.3) is 11.3 Å². The van der Waals surface area contributed by atoms with Gasteiger partial charge in [-0.05, 0) is 32.3 Å². The van der Waals surface area contributed by atoms with Crippen LogP contribution in [0.1, 0.15) is 0 Å². The third kappa shape index (κ3) is 3.82. The van der Waals surface area contributed by atoms with Crippen molar-refractivity contribution in [2.24, 2.45) is 0 Å². The Bertz CT molecular complexity index is 631. The maximum absolute atomic E-state index is 13.7. The smallest absolute Gasteiger partial charge is 0.127 e. The van der Waals surface area contributed by atoms with Gasteiger partial charge in [0.1, 0.15) is 18.2 Å². The molecular weight excluding hydrogens is 271 g/mol. The van der Waals surface area contributed by atoms with Gasteiger partial charge in [-0.1, -0.05) is 0 Å². The Kier molecular flexibility index (Phi) is 4.59. The Morgan fingerprint density at radius 1 is 1.24 bits per heavy atom. The molecule has 6 heteroatoms. The molecule has 0 saturated carbocycles. The Balaban J connectivity index is 2.28. The molecule has 0 saturated heterocycles. The van der Waals surface area contributed by atoms with Gasteiger partial charge in [0.05, 0.1) is 17.1 Å². The number of nitrogen functional groups attached to an aromatic ring is 2. The molecule has 0 amide bonds. The van der Waals surface area contributed by atoms with E-state index in [4.69, 9.17) is 16.2 Å². The third-order valence-electron chi connectivity index (χ3n) is 2.98. The molecule has 0 bridgehead atoms. The summed E-state index contributed by atoms with van der Waals surface area (Å²) in [5, 5.41) is 0. The molecule has 0 radical (unpaired) electrons. The first kappa shape index (κ1) is 15.1. The van der Waals surface area contributed by atoms with E-state index in [-0.39, 0.29) is 0 Å². The zero-order valence-corrected chi connectivity index (χ0v) is 12.1. The first-order valence-electron chi connectivity index (χ1n) is 6.56. The van der Waals surface area contributed by atoms with Crippen molar-refractivity contribution in [1.29, 1.82) is 0 Å². The molecule has 0 aliphatic carbocycles. The fourth-order valence-electron chi connectivity index (χ4n) is 1.85. The molecule has 1 aromatic carbocycles. The van der Waals surface area contributed by atoms with Crippen molar-refractivity contribution in [2.45, 2.75) is 0 Å². The van der Waals surface area contributed by atoms with Crippen LogP contribution in [0.2, 0.25) is 0 Å². The number of benzene rings is 1. The minimum atomic E-state index is -0.407. The third-order valence-corrected chi connectivity index (χ3v) is 2.98. The number of aromatic nitrogens is 1. The van der Waals surface area contributed by atoms with Gasteiger partial charge in [-0.2, -0.15) is 0 Å². The van der Waals surface area contributed by atoms with E-state index < -0.39 is 5.82 Å². The minimum absolute atomic E-state index is 0.336. The number of anilines is 2. The van der Waals surface area contributed by atoms with E-state index in [1.807, 2.05) is 19.0 Å². The Morgan fingerprint density at radius 3 is 2.71 bits per heavy atom. The maximum Gasteiger partial charge on any atom is 0.127 e. The quantitative estimate of drug-likeness (QED) is 0.880. The molecule has 0 unspecified atom stereocenters. The largest absolute Gasteiger partial charge is 0.492 e. The lowest BCUT2D eigenvalue weighted by atomic mass is 10.1. The highest BCUT2D eigenvalue weighted by molar-refractivity contribution is 5.81. The molecule has 1 heterocycles. The van der Waals surface area contributed by atoms with Crippen LogP contribution in [0.15, 0.2) is 30.5 Å². The van der Waals surface area contributed by atoms with E-state index in [0.29, 0.717) is 35.0 Å². The summed E-state index contributed by atoms with van der Waals surface area (Å²) >= 11 is 0. The van der Waals surface area contributed by atoms with Crippen molar-refractivity contribution in [2.75, 3.05) is 38.7 Å². The molecule has 0 atom stereocenters. The number of hydrogen-bond acceptors (Lipinski definition) is 5. The van der Waals surface area contributed by atoms with Crippen molar-refractivity contribution in [1.82, 2.24) is 9.88 Å². The zero-order valence-electron chi connectivity index (χ0n) is 12.1. The van der Waals surface area contributed by atoms with E-state index >= 15 is 0 Å². The van der Waals surface area contributed by atoms with Crippen LogP contribution >= 0.6 is 0 Å². The van der Waals surface area contributed by atoms with Gasteiger partial charge >= 0.3 is 0 Å². The van der Waals surface area contributed by atoms with Gasteiger partial charge in [-0.3, -0.25) is 4.98 Å². The molecular formula is C15H19FN4O. The fourth-order valence-corrected chi connectivity index (χ4v) is 1.85. The predicted molar refractivity (Wildman–Crippen MR) is 82.5 cm³/mol. The number of halogens is 1. The fraction of sp³-hybridized carbons (Fsp3) is 0.267.